The molecule has 5 rings (SSSR count). The number of aromatic nitrogens is 1. The number of amides is 2. The van der Waals surface area contributed by atoms with Crippen molar-refractivity contribution in [1.29, 1.82) is 0 Å². The molecule has 0 spiro atoms. The van der Waals surface area contributed by atoms with Crippen molar-refractivity contribution < 1.29 is 14.7 Å². The minimum atomic E-state index is -1.11. The summed E-state index contributed by atoms with van der Waals surface area (Å²) in [5, 5.41) is 11.0. The van der Waals surface area contributed by atoms with Gasteiger partial charge in [0.05, 0.1) is 12.2 Å². The number of para-hydroxylation sites is 1. The van der Waals surface area contributed by atoms with E-state index in [9.17, 15) is 14.7 Å². The highest BCUT2D eigenvalue weighted by Crippen LogP contribution is 2.48. The number of aliphatic hydroxyl groups excluding tert-OH is 1. The van der Waals surface area contributed by atoms with Gasteiger partial charge in [-0.15, -0.1) is 0 Å². The lowest BCUT2D eigenvalue weighted by molar-refractivity contribution is -0.166. The highest BCUT2D eigenvalue weighted by atomic mass is 35.5. The number of halogens is 1. The van der Waals surface area contributed by atoms with Gasteiger partial charge in [0, 0.05) is 41.5 Å². The van der Waals surface area contributed by atoms with Crippen LogP contribution in [0.4, 0.5) is 0 Å². The van der Waals surface area contributed by atoms with Crippen LogP contribution in [0.3, 0.4) is 0 Å². The molecule has 1 aromatic heterocycles. The van der Waals surface area contributed by atoms with Gasteiger partial charge in [0.15, 0.2) is 5.54 Å². The normalized spacial score (nSPS) is 23.3. The second-order valence-electron chi connectivity index (χ2n) is 8.44. The zero-order valence-corrected chi connectivity index (χ0v) is 18.0. The molecule has 2 N–H and O–H groups in total. The molecule has 0 saturated carbocycles. The molecule has 2 unspecified atom stereocenters. The van der Waals surface area contributed by atoms with Crippen LogP contribution in [0.25, 0.3) is 10.9 Å². The second kappa shape index (κ2) is 7.39. The summed E-state index contributed by atoms with van der Waals surface area (Å²) in [5.41, 5.74) is 2.72. The average molecular weight is 438 g/mol. The first kappa shape index (κ1) is 20.1. The van der Waals surface area contributed by atoms with Gasteiger partial charge in [-0.25, -0.2) is 0 Å². The standard InChI is InChI=1S/C24H24ClN3O3/c1-24-22-21(17-5-2-3-6-19(17)26-22)18(15-7-9-16(25)10-8-15)13-28(24)20(30)14-27(23(24)31)11-4-12-29/h2-3,5-10,18,26,29H,4,11-14H2,1H3. The van der Waals surface area contributed by atoms with Gasteiger partial charge in [0.1, 0.15) is 0 Å². The quantitative estimate of drug-likeness (QED) is 0.657. The van der Waals surface area contributed by atoms with Crippen molar-refractivity contribution in [2.45, 2.75) is 24.8 Å². The maximum Gasteiger partial charge on any atom is 0.254 e. The number of fused-ring (bicyclic) bond motifs is 5. The summed E-state index contributed by atoms with van der Waals surface area (Å²) in [5.74, 6) is -0.261. The van der Waals surface area contributed by atoms with E-state index in [-0.39, 0.29) is 30.9 Å². The van der Waals surface area contributed by atoms with Crippen LogP contribution in [-0.4, -0.2) is 57.9 Å². The van der Waals surface area contributed by atoms with Crippen LogP contribution < -0.4 is 0 Å². The van der Waals surface area contributed by atoms with Crippen molar-refractivity contribution in [2.75, 3.05) is 26.2 Å². The predicted molar refractivity (Wildman–Crippen MR) is 119 cm³/mol. The number of carbonyl (C=O) groups excluding carboxylic acids is 2. The van der Waals surface area contributed by atoms with E-state index in [0.717, 1.165) is 27.7 Å². The van der Waals surface area contributed by atoms with Gasteiger partial charge in [-0.3, -0.25) is 9.59 Å². The van der Waals surface area contributed by atoms with E-state index in [0.29, 0.717) is 24.5 Å². The Morgan fingerprint density at radius 2 is 1.90 bits per heavy atom. The molecule has 3 heterocycles. The van der Waals surface area contributed by atoms with Gasteiger partial charge in [-0.1, -0.05) is 41.9 Å². The molecule has 7 heteroatoms. The Morgan fingerprint density at radius 3 is 2.65 bits per heavy atom. The molecule has 2 aromatic carbocycles. The molecular formula is C24H24ClN3O3. The van der Waals surface area contributed by atoms with E-state index >= 15 is 0 Å². The number of hydrogen-bond acceptors (Lipinski definition) is 3. The van der Waals surface area contributed by atoms with Crippen molar-refractivity contribution >= 4 is 34.3 Å². The fourth-order valence-electron chi connectivity index (χ4n) is 5.11. The largest absolute Gasteiger partial charge is 0.396 e. The minimum Gasteiger partial charge on any atom is -0.396 e. The molecule has 3 aromatic rings. The van der Waals surface area contributed by atoms with E-state index in [1.54, 1.807) is 9.80 Å². The molecule has 31 heavy (non-hydrogen) atoms. The lowest BCUT2D eigenvalue weighted by Gasteiger charge is -2.51. The molecule has 2 amide bonds. The van der Waals surface area contributed by atoms with Crippen molar-refractivity contribution in [3.05, 3.63) is 70.4 Å². The Morgan fingerprint density at radius 1 is 1.16 bits per heavy atom. The van der Waals surface area contributed by atoms with Gasteiger partial charge in [-0.05, 0) is 42.7 Å². The first-order valence-corrected chi connectivity index (χ1v) is 10.9. The Labute approximate surface area is 185 Å². The predicted octanol–water partition coefficient (Wildman–Crippen LogP) is 3.24. The molecule has 160 valence electrons. The molecule has 0 aliphatic carbocycles. The molecule has 0 bridgehead atoms. The van der Waals surface area contributed by atoms with Crippen LogP contribution in [0.5, 0.6) is 0 Å². The number of rotatable bonds is 4. The van der Waals surface area contributed by atoms with E-state index in [1.165, 1.54) is 0 Å². The number of carbonyl (C=O) groups is 2. The maximum atomic E-state index is 13.7. The Balaban J connectivity index is 1.72. The highest BCUT2D eigenvalue weighted by molar-refractivity contribution is 6.30. The minimum absolute atomic E-state index is 0.0192. The Kier molecular flexibility index (Phi) is 4.79. The van der Waals surface area contributed by atoms with E-state index in [4.69, 9.17) is 11.6 Å². The molecule has 1 fully saturated rings. The molecule has 6 nitrogen and oxygen atoms in total. The monoisotopic (exact) mass is 437 g/mol. The summed E-state index contributed by atoms with van der Waals surface area (Å²) in [6.07, 6.45) is 0.446. The summed E-state index contributed by atoms with van der Waals surface area (Å²) >= 11 is 6.12. The summed E-state index contributed by atoms with van der Waals surface area (Å²) in [7, 11) is 0. The van der Waals surface area contributed by atoms with Gasteiger partial charge in [0.25, 0.3) is 5.91 Å². The van der Waals surface area contributed by atoms with E-state index in [1.807, 2.05) is 49.4 Å². The van der Waals surface area contributed by atoms with Gasteiger partial charge < -0.3 is 19.9 Å². The second-order valence-corrected chi connectivity index (χ2v) is 8.88. The number of piperazine rings is 1. The molecule has 1 saturated heterocycles. The molecule has 0 radical (unpaired) electrons. The SMILES string of the molecule is CC12C(=O)N(CCCO)CC(=O)N1CC(c1ccc(Cl)cc1)c1c2[nH]c2ccccc12. The van der Waals surface area contributed by atoms with Gasteiger partial charge >= 0.3 is 0 Å². The van der Waals surface area contributed by atoms with Crippen molar-refractivity contribution in [3.8, 4) is 0 Å². The Bertz CT molecular complexity index is 1170. The van der Waals surface area contributed by atoms with Crippen molar-refractivity contribution in [1.82, 2.24) is 14.8 Å². The fraction of sp³-hybridized carbons (Fsp3) is 0.333. The molecular weight excluding hydrogens is 414 g/mol. The van der Waals surface area contributed by atoms with Crippen molar-refractivity contribution in [2.24, 2.45) is 0 Å². The summed E-state index contributed by atoms with van der Waals surface area (Å²) in [6.45, 7) is 2.64. The van der Waals surface area contributed by atoms with Crippen LogP contribution >= 0.6 is 11.6 Å². The number of nitrogens with one attached hydrogen (secondary N) is 1. The average Bonchev–Trinajstić information content (AvgIpc) is 3.17. The van der Waals surface area contributed by atoms with Crippen LogP contribution in [0, 0.1) is 0 Å². The highest BCUT2D eigenvalue weighted by Gasteiger charge is 2.56. The van der Waals surface area contributed by atoms with Crippen LogP contribution in [0.2, 0.25) is 5.02 Å². The van der Waals surface area contributed by atoms with Gasteiger partial charge in [-0.2, -0.15) is 0 Å². The zero-order chi connectivity index (χ0) is 21.8. The van der Waals surface area contributed by atoms with Crippen LogP contribution in [-0.2, 0) is 15.1 Å². The number of aliphatic hydroxyl groups is 1. The molecule has 2 aliphatic rings. The third kappa shape index (κ3) is 2.97. The van der Waals surface area contributed by atoms with Gasteiger partial charge in [0.2, 0.25) is 5.91 Å². The summed E-state index contributed by atoms with van der Waals surface area (Å²) in [6, 6.07) is 15.7. The first-order chi connectivity index (χ1) is 14.9. The van der Waals surface area contributed by atoms with E-state index in [2.05, 4.69) is 11.1 Å². The van der Waals surface area contributed by atoms with Crippen molar-refractivity contribution in [3.63, 3.8) is 0 Å². The number of aromatic amines is 1. The molecule has 2 aliphatic heterocycles. The van der Waals surface area contributed by atoms with Crippen LogP contribution in [0.1, 0.15) is 36.1 Å². The third-order valence-corrected chi connectivity index (χ3v) is 6.93. The number of nitrogens with zero attached hydrogens (tertiary/aromatic N) is 2. The maximum absolute atomic E-state index is 13.7. The summed E-state index contributed by atoms with van der Waals surface area (Å²) in [4.78, 5) is 33.7. The lowest BCUT2D eigenvalue weighted by atomic mass is 9.76. The molecule has 2 atom stereocenters. The van der Waals surface area contributed by atoms with E-state index < -0.39 is 5.54 Å². The number of hydrogen-bond donors (Lipinski definition) is 2. The lowest BCUT2D eigenvalue weighted by Crippen LogP contribution is -2.67. The third-order valence-electron chi connectivity index (χ3n) is 6.68. The smallest absolute Gasteiger partial charge is 0.254 e. The Hall–Kier alpha value is -2.83. The number of benzene rings is 2. The fourth-order valence-corrected chi connectivity index (χ4v) is 5.24. The number of H-pyrrole nitrogens is 1. The van der Waals surface area contributed by atoms with Crippen LogP contribution in [0.15, 0.2) is 48.5 Å². The topological polar surface area (TPSA) is 76.6 Å². The first-order valence-electron chi connectivity index (χ1n) is 10.5. The zero-order valence-electron chi connectivity index (χ0n) is 17.3. The summed E-state index contributed by atoms with van der Waals surface area (Å²) < 4.78 is 0.